The van der Waals surface area contributed by atoms with E-state index in [9.17, 15) is 0 Å². The van der Waals surface area contributed by atoms with Crippen molar-refractivity contribution in [1.82, 2.24) is 9.97 Å². The average molecular weight is 214 g/mol. The molecule has 0 saturated carbocycles. The molecule has 0 bridgehead atoms. The van der Waals surface area contributed by atoms with Crippen LogP contribution in [0.1, 0.15) is 6.42 Å². The SMILES string of the molecule is Clc1nccc(NC[C@@H]2CCOC2)n1. The summed E-state index contributed by atoms with van der Waals surface area (Å²) in [6, 6.07) is 1.81. The normalized spacial score (nSPS) is 21.1. The molecule has 2 rings (SSSR count). The molecule has 0 radical (unpaired) electrons. The van der Waals surface area contributed by atoms with Crippen molar-refractivity contribution < 1.29 is 4.74 Å². The zero-order valence-corrected chi connectivity index (χ0v) is 8.50. The van der Waals surface area contributed by atoms with Gasteiger partial charge < -0.3 is 10.1 Å². The predicted molar refractivity (Wildman–Crippen MR) is 54.5 cm³/mol. The summed E-state index contributed by atoms with van der Waals surface area (Å²) < 4.78 is 5.27. The fourth-order valence-electron chi connectivity index (χ4n) is 1.43. The third kappa shape index (κ3) is 2.56. The number of ether oxygens (including phenoxy) is 1. The third-order valence-corrected chi connectivity index (χ3v) is 2.40. The quantitative estimate of drug-likeness (QED) is 0.775. The molecule has 4 nitrogen and oxygen atoms in total. The number of nitrogens with one attached hydrogen (secondary N) is 1. The minimum atomic E-state index is 0.276. The molecule has 1 aliphatic heterocycles. The molecule has 1 aliphatic rings. The first-order valence-corrected chi connectivity index (χ1v) is 5.02. The van der Waals surface area contributed by atoms with E-state index in [1.807, 2.05) is 6.07 Å². The van der Waals surface area contributed by atoms with Crippen molar-refractivity contribution in [2.45, 2.75) is 6.42 Å². The van der Waals surface area contributed by atoms with Crippen LogP contribution in [0.2, 0.25) is 5.28 Å². The number of nitrogens with zero attached hydrogens (tertiary/aromatic N) is 2. The monoisotopic (exact) mass is 213 g/mol. The van der Waals surface area contributed by atoms with Gasteiger partial charge in [0, 0.05) is 25.3 Å². The van der Waals surface area contributed by atoms with E-state index in [1.165, 1.54) is 0 Å². The summed E-state index contributed by atoms with van der Waals surface area (Å²) in [4.78, 5) is 7.85. The summed E-state index contributed by atoms with van der Waals surface area (Å²) in [7, 11) is 0. The lowest BCUT2D eigenvalue weighted by Gasteiger charge is -2.09. The third-order valence-electron chi connectivity index (χ3n) is 2.22. The topological polar surface area (TPSA) is 47.0 Å². The van der Waals surface area contributed by atoms with Crippen LogP contribution >= 0.6 is 11.6 Å². The van der Waals surface area contributed by atoms with Gasteiger partial charge in [-0.2, -0.15) is 0 Å². The van der Waals surface area contributed by atoms with Gasteiger partial charge in [-0.15, -0.1) is 0 Å². The highest BCUT2D eigenvalue weighted by molar-refractivity contribution is 6.28. The molecule has 14 heavy (non-hydrogen) atoms. The smallest absolute Gasteiger partial charge is 0.224 e. The molecule has 0 unspecified atom stereocenters. The van der Waals surface area contributed by atoms with Crippen molar-refractivity contribution in [2.75, 3.05) is 25.1 Å². The van der Waals surface area contributed by atoms with Gasteiger partial charge in [-0.3, -0.25) is 0 Å². The molecule has 0 amide bonds. The lowest BCUT2D eigenvalue weighted by Crippen LogP contribution is -2.14. The highest BCUT2D eigenvalue weighted by atomic mass is 35.5. The van der Waals surface area contributed by atoms with Gasteiger partial charge in [-0.25, -0.2) is 9.97 Å². The molecule has 76 valence electrons. The van der Waals surface area contributed by atoms with Crippen LogP contribution in [-0.2, 0) is 4.74 Å². The minimum absolute atomic E-state index is 0.276. The second-order valence-corrected chi connectivity index (χ2v) is 3.66. The average Bonchev–Trinajstić information content (AvgIpc) is 2.67. The van der Waals surface area contributed by atoms with E-state index in [0.29, 0.717) is 5.92 Å². The molecule has 1 fully saturated rings. The van der Waals surface area contributed by atoms with Crippen LogP contribution in [0.5, 0.6) is 0 Å². The van der Waals surface area contributed by atoms with Gasteiger partial charge in [0.25, 0.3) is 0 Å². The number of anilines is 1. The Kier molecular flexibility index (Phi) is 3.16. The Labute approximate surface area is 87.7 Å². The summed E-state index contributed by atoms with van der Waals surface area (Å²) in [6.07, 6.45) is 2.76. The Morgan fingerprint density at radius 1 is 1.64 bits per heavy atom. The highest BCUT2D eigenvalue weighted by Crippen LogP contribution is 2.13. The van der Waals surface area contributed by atoms with Gasteiger partial charge >= 0.3 is 0 Å². The van der Waals surface area contributed by atoms with Gasteiger partial charge in [-0.1, -0.05) is 0 Å². The molecule has 1 N–H and O–H groups in total. The van der Waals surface area contributed by atoms with E-state index in [2.05, 4.69) is 15.3 Å². The fraction of sp³-hybridized carbons (Fsp3) is 0.556. The largest absolute Gasteiger partial charge is 0.381 e. The molecule has 5 heteroatoms. The van der Waals surface area contributed by atoms with Gasteiger partial charge in [0.15, 0.2) is 0 Å². The molecule has 1 aromatic heterocycles. The second-order valence-electron chi connectivity index (χ2n) is 3.32. The van der Waals surface area contributed by atoms with E-state index < -0.39 is 0 Å². The second kappa shape index (κ2) is 4.57. The lowest BCUT2D eigenvalue weighted by atomic mass is 10.1. The molecule has 2 heterocycles. The summed E-state index contributed by atoms with van der Waals surface area (Å²) in [5.74, 6) is 1.36. The number of hydrogen-bond acceptors (Lipinski definition) is 4. The molecule has 1 aromatic rings. The molecular formula is C9H12ClN3O. The van der Waals surface area contributed by atoms with Crippen LogP contribution < -0.4 is 5.32 Å². The number of hydrogen-bond donors (Lipinski definition) is 1. The van der Waals surface area contributed by atoms with Crippen molar-refractivity contribution in [3.05, 3.63) is 17.5 Å². The van der Waals surface area contributed by atoms with Crippen LogP contribution in [0.3, 0.4) is 0 Å². The Morgan fingerprint density at radius 2 is 2.57 bits per heavy atom. The van der Waals surface area contributed by atoms with Crippen LogP contribution in [0.15, 0.2) is 12.3 Å². The number of aromatic nitrogens is 2. The zero-order valence-electron chi connectivity index (χ0n) is 7.74. The van der Waals surface area contributed by atoms with E-state index in [4.69, 9.17) is 16.3 Å². The van der Waals surface area contributed by atoms with Crippen LogP contribution in [0, 0.1) is 5.92 Å². The maximum absolute atomic E-state index is 5.65. The highest BCUT2D eigenvalue weighted by Gasteiger charge is 2.15. The fourth-order valence-corrected chi connectivity index (χ4v) is 1.57. The van der Waals surface area contributed by atoms with Crippen molar-refractivity contribution in [1.29, 1.82) is 0 Å². The van der Waals surface area contributed by atoms with E-state index in [0.717, 1.165) is 32.0 Å². The summed E-state index contributed by atoms with van der Waals surface area (Å²) in [5, 5.41) is 3.49. The van der Waals surface area contributed by atoms with E-state index in [-0.39, 0.29) is 5.28 Å². The van der Waals surface area contributed by atoms with E-state index in [1.54, 1.807) is 6.20 Å². The first-order valence-electron chi connectivity index (χ1n) is 4.65. The Hall–Kier alpha value is -0.870. The molecule has 0 aliphatic carbocycles. The number of rotatable bonds is 3. The first kappa shape index (κ1) is 9.68. The summed E-state index contributed by atoms with van der Waals surface area (Å²) in [5.41, 5.74) is 0. The lowest BCUT2D eigenvalue weighted by molar-refractivity contribution is 0.187. The molecule has 0 spiro atoms. The predicted octanol–water partition coefficient (Wildman–Crippen LogP) is 1.58. The first-order chi connectivity index (χ1) is 6.84. The van der Waals surface area contributed by atoms with Gasteiger partial charge in [-0.05, 0) is 24.1 Å². The van der Waals surface area contributed by atoms with Crippen molar-refractivity contribution >= 4 is 17.4 Å². The summed E-state index contributed by atoms with van der Waals surface area (Å²) in [6.45, 7) is 2.59. The van der Waals surface area contributed by atoms with Gasteiger partial charge in [0.1, 0.15) is 5.82 Å². The Bertz CT molecular complexity index is 302. The van der Waals surface area contributed by atoms with E-state index >= 15 is 0 Å². The number of halogens is 1. The van der Waals surface area contributed by atoms with Gasteiger partial charge in [0.2, 0.25) is 5.28 Å². The van der Waals surface area contributed by atoms with Crippen LogP contribution in [0.4, 0.5) is 5.82 Å². The molecular weight excluding hydrogens is 202 g/mol. The molecule has 1 saturated heterocycles. The molecule has 0 aromatic carbocycles. The maximum atomic E-state index is 5.65. The van der Waals surface area contributed by atoms with Crippen molar-refractivity contribution in [3.63, 3.8) is 0 Å². The van der Waals surface area contributed by atoms with Crippen LogP contribution in [-0.4, -0.2) is 29.7 Å². The van der Waals surface area contributed by atoms with Gasteiger partial charge in [0.05, 0.1) is 6.61 Å². The molecule has 1 atom stereocenters. The maximum Gasteiger partial charge on any atom is 0.224 e. The standard InChI is InChI=1S/C9H12ClN3O/c10-9-11-3-1-8(13-9)12-5-7-2-4-14-6-7/h1,3,7H,2,4-6H2,(H,11,12,13)/t7-/m0/s1. The summed E-state index contributed by atoms with van der Waals surface area (Å²) >= 11 is 5.65. The Balaban J connectivity index is 1.85. The van der Waals surface area contributed by atoms with Crippen molar-refractivity contribution in [2.24, 2.45) is 5.92 Å². The van der Waals surface area contributed by atoms with Crippen molar-refractivity contribution in [3.8, 4) is 0 Å². The minimum Gasteiger partial charge on any atom is -0.381 e. The zero-order chi connectivity index (χ0) is 9.80. The van der Waals surface area contributed by atoms with Crippen LogP contribution in [0.25, 0.3) is 0 Å². The Morgan fingerprint density at radius 3 is 3.29 bits per heavy atom.